The molecule has 8 heteroatoms. The molecule has 1 atom stereocenters. The van der Waals surface area contributed by atoms with Crippen molar-refractivity contribution in [2.45, 2.75) is 26.7 Å². The van der Waals surface area contributed by atoms with E-state index in [-0.39, 0.29) is 11.5 Å². The number of aromatic carboxylic acids is 4. The molecule has 0 saturated carbocycles. The molecule has 2 rings (SSSR count). The minimum atomic E-state index is -1.49. The molecule has 0 aromatic heterocycles. The summed E-state index contributed by atoms with van der Waals surface area (Å²) in [7, 11) is 0. The fourth-order valence-corrected chi connectivity index (χ4v) is 3.06. The molecule has 0 spiro atoms. The van der Waals surface area contributed by atoms with E-state index in [9.17, 15) is 39.6 Å². The Morgan fingerprint density at radius 2 is 1.15 bits per heavy atom. The first-order valence-corrected chi connectivity index (χ1v) is 8.05. The maximum absolute atomic E-state index is 12.0. The van der Waals surface area contributed by atoms with Crippen LogP contribution in [0.5, 0.6) is 0 Å². The first-order chi connectivity index (χ1) is 12.5. The Kier molecular flexibility index (Phi) is 5.21. The summed E-state index contributed by atoms with van der Waals surface area (Å²) in [5.74, 6) is -6.37. The molecular formula is C19H18O8. The van der Waals surface area contributed by atoms with E-state index in [1.54, 1.807) is 6.92 Å². The SMILES string of the molecule is CC(C)C(C)c1cc(C(=O)O)c2c(C(=O)O)ccc(C(=O)O)c2c1C(=O)O. The Morgan fingerprint density at radius 3 is 1.52 bits per heavy atom. The molecule has 0 radical (unpaired) electrons. The highest BCUT2D eigenvalue weighted by atomic mass is 16.4. The number of carboxylic acids is 4. The summed E-state index contributed by atoms with van der Waals surface area (Å²) in [6.07, 6.45) is 0. The van der Waals surface area contributed by atoms with Gasteiger partial charge in [-0.05, 0) is 35.6 Å². The van der Waals surface area contributed by atoms with Crippen LogP contribution in [0.3, 0.4) is 0 Å². The van der Waals surface area contributed by atoms with Crippen molar-refractivity contribution in [3.8, 4) is 0 Å². The lowest BCUT2D eigenvalue weighted by molar-refractivity contribution is 0.0674. The van der Waals surface area contributed by atoms with Gasteiger partial charge in [0.25, 0.3) is 0 Å². The molecule has 0 aliphatic heterocycles. The average Bonchev–Trinajstić information content (AvgIpc) is 2.57. The van der Waals surface area contributed by atoms with Crippen LogP contribution in [-0.4, -0.2) is 44.3 Å². The van der Waals surface area contributed by atoms with E-state index in [2.05, 4.69) is 0 Å². The van der Waals surface area contributed by atoms with Crippen LogP contribution in [0.4, 0.5) is 0 Å². The number of hydrogen-bond acceptors (Lipinski definition) is 4. The topological polar surface area (TPSA) is 149 Å². The van der Waals surface area contributed by atoms with Crippen molar-refractivity contribution < 1.29 is 39.6 Å². The molecular weight excluding hydrogens is 356 g/mol. The Balaban J connectivity index is 3.27. The lowest BCUT2D eigenvalue weighted by Crippen LogP contribution is -2.16. The summed E-state index contributed by atoms with van der Waals surface area (Å²) in [6, 6.07) is 3.09. The van der Waals surface area contributed by atoms with E-state index in [4.69, 9.17) is 0 Å². The fraction of sp³-hybridized carbons (Fsp3) is 0.263. The number of fused-ring (bicyclic) bond motifs is 1. The van der Waals surface area contributed by atoms with Crippen LogP contribution in [0.15, 0.2) is 18.2 Å². The smallest absolute Gasteiger partial charge is 0.336 e. The highest BCUT2D eigenvalue weighted by Crippen LogP contribution is 2.37. The Labute approximate surface area is 153 Å². The van der Waals surface area contributed by atoms with Crippen LogP contribution >= 0.6 is 0 Å². The van der Waals surface area contributed by atoms with Crippen molar-refractivity contribution in [1.82, 2.24) is 0 Å². The van der Waals surface area contributed by atoms with Crippen molar-refractivity contribution in [3.63, 3.8) is 0 Å². The summed E-state index contributed by atoms with van der Waals surface area (Å²) < 4.78 is 0. The van der Waals surface area contributed by atoms with Gasteiger partial charge in [-0.1, -0.05) is 20.8 Å². The number of carboxylic acid groups (broad SMARTS) is 4. The first-order valence-electron chi connectivity index (χ1n) is 8.05. The quantitative estimate of drug-likeness (QED) is 0.601. The van der Waals surface area contributed by atoms with Gasteiger partial charge in [0.05, 0.1) is 22.3 Å². The third-order valence-electron chi connectivity index (χ3n) is 4.71. The van der Waals surface area contributed by atoms with Gasteiger partial charge in [-0.3, -0.25) is 0 Å². The zero-order valence-electron chi connectivity index (χ0n) is 14.8. The highest BCUT2D eigenvalue weighted by Gasteiger charge is 2.30. The van der Waals surface area contributed by atoms with Crippen molar-refractivity contribution in [3.05, 3.63) is 46.0 Å². The molecule has 0 bridgehead atoms. The predicted molar refractivity (Wildman–Crippen MR) is 95.0 cm³/mol. The molecule has 0 aliphatic carbocycles. The van der Waals surface area contributed by atoms with Gasteiger partial charge in [-0.25, -0.2) is 19.2 Å². The summed E-state index contributed by atoms with van der Waals surface area (Å²) in [6.45, 7) is 5.32. The molecule has 0 aliphatic rings. The lowest BCUT2D eigenvalue weighted by Gasteiger charge is -2.22. The average molecular weight is 374 g/mol. The van der Waals surface area contributed by atoms with Crippen molar-refractivity contribution in [2.24, 2.45) is 5.92 Å². The molecule has 0 heterocycles. The Hall–Kier alpha value is -3.42. The van der Waals surface area contributed by atoms with Gasteiger partial charge < -0.3 is 20.4 Å². The molecule has 0 fully saturated rings. The van der Waals surface area contributed by atoms with E-state index < -0.39 is 62.8 Å². The van der Waals surface area contributed by atoms with Crippen LogP contribution in [0.25, 0.3) is 10.8 Å². The zero-order valence-corrected chi connectivity index (χ0v) is 14.8. The number of rotatable bonds is 6. The van der Waals surface area contributed by atoms with Gasteiger partial charge in [0.1, 0.15) is 0 Å². The highest BCUT2D eigenvalue weighted by molar-refractivity contribution is 6.22. The van der Waals surface area contributed by atoms with Crippen LogP contribution in [0.2, 0.25) is 0 Å². The second-order valence-electron chi connectivity index (χ2n) is 6.55. The van der Waals surface area contributed by atoms with Crippen LogP contribution in [0, 0.1) is 5.92 Å². The summed E-state index contributed by atoms with van der Waals surface area (Å²) >= 11 is 0. The predicted octanol–water partition coefficient (Wildman–Crippen LogP) is 3.39. The number of carbonyl (C=O) groups is 4. The van der Waals surface area contributed by atoms with Crippen molar-refractivity contribution >= 4 is 34.6 Å². The van der Waals surface area contributed by atoms with E-state index in [0.29, 0.717) is 0 Å². The van der Waals surface area contributed by atoms with E-state index >= 15 is 0 Å². The minimum Gasteiger partial charge on any atom is -0.478 e. The van der Waals surface area contributed by atoms with Crippen molar-refractivity contribution in [2.75, 3.05) is 0 Å². The van der Waals surface area contributed by atoms with Crippen LogP contribution in [-0.2, 0) is 0 Å². The summed E-state index contributed by atoms with van der Waals surface area (Å²) in [5.41, 5.74) is -1.63. The van der Waals surface area contributed by atoms with Crippen molar-refractivity contribution in [1.29, 1.82) is 0 Å². The Bertz CT molecular complexity index is 987. The van der Waals surface area contributed by atoms with Gasteiger partial charge in [-0.2, -0.15) is 0 Å². The largest absolute Gasteiger partial charge is 0.478 e. The molecule has 0 saturated heterocycles. The van der Waals surface area contributed by atoms with E-state index in [0.717, 1.165) is 18.2 Å². The molecule has 1 unspecified atom stereocenters. The summed E-state index contributed by atoms with van der Waals surface area (Å²) in [5, 5.41) is 37.5. The third-order valence-corrected chi connectivity index (χ3v) is 4.71. The van der Waals surface area contributed by atoms with Crippen LogP contribution in [0.1, 0.15) is 73.7 Å². The first kappa shape index (κ1) is 19.9. The number of hydrogen-bond donors (Lipinski definition) is 4. The third kappa shape index (κ3) is 3.33. The number of benzene rings is 2. The lowest BCUT2D eigenvalue weighted by atomic mass is 9.81. The molecule has 142 valence electrons. The summed E-state index contributed by atoms with van der Waals surface area (Å²) in [4.78, 5) is 47.1. The molecule has 2 aromatic carbocycles. The Morgan fingerprint density at radius 1 is 0.704 bits per heavy atom. The monoisotopic (exact) mass is 374 g/mol. The van der Waals surface area contributed by atoms with Gasteiger partial charge in [0, 0.05) is 10.8 Å². The van der Waals surface area contributed by atoms with E-state index in [1.165, 1.54) is 0 Å². The van der Waals surface area contributed by atoms with Gasteiger partial charge in [-0.15, -0.1) is 0 Å². The second-order valence-corrected chi connectivity index (χ2v) is 6.55. The van der Waals surface area contributed by atoms with Crippen LogP contribution < -0.4 is 0 Å². The molecule has 2 aromatic rings. The second kappa shape index (κ2) is 7.06. The maximum atomic E-state index is 12.0. The molecule has 4 N–H and O–H groups in total. The normalized spacial score (nSPS) is 12.1. The van der Waals surface area contributed by atoms with Gasteiger partial charge >= 0.3 is 23.9 Å². The maximum Gasteiger partial charge on any atom is 0.336 e. The van der Waals surface area contributed by atoms with Gasteiger partial charge in [0.15, 0.2) is 0 Å². The zero-order chi connectivity index (χ0) is 20.6. The molecule has 0 amide bonds. The fourth-order valence-electron chi connectivity index (χ4n) is 3.06. The standard InChI is InChI=1S/C19H18O8/c1-7(2)8(3)11-6-12(18(24)25)13-9(16(20)21)4-5-10(17(22)23)14(13)15(11)19(26)27/h4-8H,1-3H3,(H,20,21)(H,22,23)(H,24,25)(H,26,27). The van der Waals surface area contributed by atoms with Gasteiger partial charge in [0.2, 0.25) is 0 Å². The molecule has 8 nitrogen and oxygen atoms in total. The molecule has 27 heavy (non-hydrogen) atoms. The van der Waals surface area contributed by atoms with E-state index in [1.807, 2.05) is 13.8 Å². The minimum absolute atomic E-state index is 0.0712.